The van der Waals surface area contributed by atoms with Crippen LogP contribution in [0.3, 0.4) is 0 Å². The van der Waals surface area contributed by atoms with E-state index in [2.05, 4.69) is 5.32 Å². The highest BCUT2D eigenvalue weighted by molar-refractivity contribution is 5.95. The third-order valence-electron chi connectivity index (χ3n) is 2.93. The lowest BCUT2D eigenvalue weighted by atomic mass is 10.0. The van der Waals surface area contributed by atoms with E-state index in [9.17, 15) is 4.79 Å². The highest BCUT2D eigenvalue weighted by Gasteiger charge is 2.09. The van der Waals surface area contributed by atoms with Gasteiger partial charge in [0.1, 0.15) is 0 Å². The third kappa shape index (κ3) is 4.19. The quantitative estimate of drug-likeness (QED) is 0.769. The first kappa shape index (κ1) is 13.7. The fraction of sp³-hybridized carbons (Fsp3) is 0.500. The number of benzene rings is 1. The molecule has 0 aromatic heterocycles. The number of amides is 1. The number of hydrogen-bond acceptors (Lipinski definition) is 2. The van der Waals surface area contributed by atoms with E-state index in [0.29, 0.717) is 13.0 Å². The van der Waals surface area contributed by atoms with E-state index in [-0.39, 0.29) is 12.0 Å². The van der Waals surface area contributed by atoms with Crippen molar-refractivity contribution in [1.82, 2.24) is 5.32 Å². The number of nitrogens with one attached hydrogen (secondary N) is 1. The van der Waals surface area contributed by atoms with Crippen LogP contribution in [0.2, 0.25) is 0 Å². The van der Waals surface area contributed by atoms with E-state index in [1.165, 1.54) is 0 Å². The van der Waals surface area contributed by atoms with Crippen LogP contribution >= 0.6 is 0 Å². The van der Waals surface area contributed by atoms with E-state index in [0.717, 1.165) is 23.1 Å². The lowest BCUT2D eigenvalue weighted by molar-refractivity contribution is 0.0949. The maximum absolute atomic E-state index is 11.9. The van der Waals surface area contributed by atoms with Gasteiger partial charge in [0.15, 0.2) is 0 Å². The Morgan fingerprint density at radius 1 is 1.41 bits per heavy atom. The molecule has 17 heavy (non-hydrogen) atoms. The molecule has 0 heterocycles. The average Bonchev–Trinajstić information content (AvgIpc) is 2.27. The lowest BCUT2D eigenvalue weighted by Gasteiger charge is -2.10. The zero-order valence-electron chi connectivity index (χ0n) is 10.8. The van der Waals surface area contributed by atoms with Crippen molar-refractivity contribution in [2.45, 2.75) is 39.7 Å². The number of aliphatic hydroxyl groups excluding tert-OH is 1. The largest absolute Gasteiger partial charge is 0.393 e. The predicted octanol–water partition coefficient (Wildman–Crippen LogP) is 2.19. The van der Waals surface area contributed by atoms with Crippen molar-refractivity contribution in [3.8, 4) is 0 Å². The molecule has 0 aliphatic rings. The van der Waals surface area contributed by atoms with E-state index in [1.807, 2.05) is 32.0 Å². The van der Waals surface area contributed by atoms with E-state index in [4.69, 9.17) is 5.11 Å². The summed E-state index contributed by atoms with van der Waals surface area (Å²) in [6, 6.07) is 5.74. The molecule has 1 unspecified atom stereocenters. The van der Waals surface area contributed by atoms with Gasteiger partial charge in [-0.1, -0.05) is 12.1 Å². The van der Waals surface area contributed by atoms with Crippen molar-refractivity contribution in [1.29, 1.82) is 0 Å². The van der Waals surface area contributed by atoms with Crippen LogP contribution in [0.5, 0.6) is 0 Å². The fourth-order valence-electron chi connectivity index (χ4n) is 1.69. The third-order valence-corrected chi connectivity index (χ3v) is 2.93. The van der Waals surface area contributed by atoms with Gasteiger partial charge in [-0.3, -0.25) is 4.79 Å². The van der Waals surface area contributed by atoms with Crippen LogP contribution in [0.25, 0.3) is 0 Å². The average molecular weight is 235 g/mol. The monoisotopic (exact) mass is 235 g/mol. The van der Waals surface area contributed by atoms with Crippen molar-refractivity contribution in [3.63, 3.8) is 0 Å². The molecule has 0 saturated heterocycles. The zero-order chi connectivity index (χ0) is 12.8. The molecule has 0 fully saturated rings. The van der Waals surface area contributed by atoms with E-state index >= 15 is 0 Å². The van der Waals surface area contributed by atoms with Crippen LogP contribution in [0, 0.1) is 13.8 Å². The van der Waals surface area contributed by atoms with Crippen LogP contribution in [0.4, 0.5) is 0 Å². The van der Waals surface area contributed by atoms with Gasteiger partial charge in [-0.15, -0.1) is 0 Å². The first-order valence-corrected chi connectivity index (χ1v) is 6.05. The van der Waals surface area contributed by atoms with Gasteiger partial charge in [0, 0.05) is 12.1 Å². The molecule has 0 saturated carbocycles. The topological polar surface area (TPSA) is 49.3 Å². The summed E-state index contributed by atoms with van der Waals surface area (Å²) in [5.41, 5.74) is 2.89. The summed E-state index contributed by atoms with van der Waals surface area (Å²) in [6.45, 7) is 6.32. The van der Waals surface area contributed by atoms with Gasteiger partial charge in [-0.2, -0.15) is 0 Å². The molecule has 1 atom stereocenters. The van der Waals surface area contributed by atoms with Crippen molar-refractivity contribution < 1.29 is 9.90 Å². The van der Waals surface area contributed by atoms with Crippen LogP contribution in [-0.4, -0.2) is 23.7 Å². The van der Waals surface area contributed by atoms with Gasteiger partial charge in [0.2, 0.25) is 0 Å². The first-order valence-electron chi connectivity index (χ1n) is 6.05. The molecule has 1 rings (SSSR count). The van der Waals surface area contributed by atoms with Crippen molar-refractivity contribution >= 4 is 5.91 Å². The molecular weight excluding hydrogens is 214 g/mol. The molecule has 1 amide bonds. The molecule has 3 nitrogen and oxygen atoms in total. The molecule has 94 valence electrons. The number of hydrogen-bond donors (Lipinski definition) is 2. The molecule has 0 bridgehead atoms. The Kier molecular flexibility index (Phi) is 5.16. The fourth-order valence-corrected chi connectivity index (χ4v) is 1.69. The minimum Gasteiger partial charge on any atom is -0.393 e. The summed E-state index contributed by atoms with van der Waals surface area (Å²) in [7, 11) is 0. The van der Waals surface area contributed by atoms with E-state index in [1.54, 1.807) is 6.92 Å². The second-order valence-electron chi connectivity index (χ2n) is 4.49. The number of carbonyl (C=O) groups is 1. The molecule has 0 radical (unpaired) electrons. The number of carbonyl (C=O) groups excluding carboxylic acids is 1. The Balaban J connectivity index is 2.50. The van der Waals surface area contributed by atoms with Crippen molar-refractivity contribution in [3.05, 3.63) is 34.9 Å². The Morgan fingerprint density at radius 2 is 2.12 bits per heavy atom. The molecule has 0 aliphatic heterocycles. The molecule has 3 heteroatoms. The Bertz CT molecular complexity index is 386. The summed E-state index contributed by atoms with van der Waals surface area (Å²) >= 11 is 0. The smallest absolute Gasteiger partial charge is 0.251 e. The molecule has 1 aromatic carbocycles. The van der Waals surface area contributed by atoms with E-state index < -0.39 is 0 Å². The highest BCUT2D eigenvalue weighted by atomic mass is 16.3. The second kappa shape index (κ2) is 6.40. The standard InChI is InChI=1S/C14H21NO2/c1-10-6-4-8-13(12(10)3)14(17)15-9-5-7-11(2)16/h4,6,8,11,16H,5,7,9H2,1-3H3,(H,15,17). The Labute approximate surface area is 103 Å². The first-order chi connectivity index (χ1) is 8.02. The van der Waals surface area contributed by atoms with Crippen molar-refractivity contribution in [2.24, 2.45) is 0 Å². The van der Waals surface area contributed by atoms with Crippen molar-refractivity contribution in [2.75, 3.05) is 6.54 Å². The van der Waals surface area contributed by atoms with Gasteiger partial charge >= 0.3 is 0 Å². The van der Waals surface area contributed by atoms with Gasteiger partial charge in [0.25, 0.3) is 5.91 Å². The summed E-state index contributed by atoms with van der Waals surface area (Å²) < 4.78 is 0. The van der Waals surface area contributed by atoms with Gasteiger partial charge in [0.05, 0.1) is 6.10 Å². The normalized spacial score (nSPS) is 12.2. The molecule has 0 aliphatic carbocycles. The van der Waals surface area contributed by atoms with Crippen LogP contribution in [0.15, 0.2) is 18.2 Å². The maximum Gasteiger partial charge on any atom is 0.251 e. The van der Waals surface area contributed by atoms with Crippen LogP contribution in [0.1, 0.15) is 41.3 Å². The summed E-state index contributed by atoms with van der Waals surface area (Å²) in [5, 5.41) is 12.0. The number of rotatable bonds is 5. The molecular formula is C14H21NO2. The SMILES string of the molecule is Cc1cccc(C(=O)NCCCC(C)O)c1C. The minimum absolute atomic E-state index is 0.0307. The van der Waals surface area contributed by atoms with Crippen LogP contribution < -0.4 is 5.32 Å². The predicted molar refractivity (Wildman–Crippen MR) is 69.2 cm³/mol. The zero-order valence-corrected chi connectivity index (χ0v) is 10.8. The van der Waals surface area contributed by atoms with Crippen LogP contribution in [-0.2, 0) is 0 Å². The lowest BCUT2D eigenvalue weighted by Crippen LogP contribution is -2.25. The number of aryl methyl sites for hydroxylation is 1. The highest BCUT2D eigenvalue weighted by Crippen LogP contribution is 2.12. The summed E-state index contributed by atoms with van der Waals surface area (Å²) in [4.78, 5) is 11.9. The van der Waals surface area contributed by atoms with Gasteiger partial charge in [-0.25, -0.2) is 0 Å². The molecule has 0 spiro atoms. The minimum atomic E-state index is -0.299. The molecule has 2 N–H and O–H groups in total. The summed E-state index contributed by atoms with van der Waals surface area (Å²) in [6.07, 6.45) is 1.22. The number of aliphatic hydroxyl groups is 1. The second-order valence-corrected chi connectivity index (χ2v) is 4.49. The summed E-state index contributed by atoms with van der Waals surface area (Å²) in [5.74, 6) is -0.0307. The Morgan fingerprint density at radius 3 is 2.76 bits per heavy atom. The maximum atomic E-state index is 11.9. The Hall–Kier alpha value is -1.35. The molecule has 1 aromatic rings. The van der Waals surface area contributed by atoms with Gasteiger partial charge < -0.3 is 10.4 Å². The van der Waals surface area contributed by atoms with Gasteiger partial charge in [-0.05, 0) is 50.8 Å².